The smallest absolute Gasteiger partial charge is 0.244 e. The first-order valence-corrected chi connectivity index (χ1v) is 7.06. The first-order valence-electron chi connectivity index (χ1n) is 4.46. The number of aromatic nitrogens is 2. The van der Waals surface area contributed by atoms with Crippen molar-refractivity contribution < 1.29 is 8.42 Å². The first-order chi connectivity index (χ1) is 6.90. The third-order valence-corrected chi connectivity index (χ3v) is 4.21. The van der Waals surface area contributed by atoms with Gasteiger partial charge in [-0.05, 0) is 13.8 Å². The van der Waals surface area contributed by atoms with E-state index in [-0.39, 0.29) is 4.90 Å². The minimum atomic E-state index is -3.43. The molecule has 0 fully saturated rings. The number of hydrogen-bond donors (Lipinski definition) is 1. The molecule has 0 atom stereocenters. The molecule has 0 aliphatic carbocycles. The van der Waals surface area contributed by atoms with E-state index in [2.05, 4.69) is 25.8 Å². The third-order valence-electron chi connectivity index (χ3n) is 2.10. The van der Waals surface area contributed by atoms with Crippen LogP contribution < -0.4 is 4.72 Å². The summed E-state index contributed by atoms with van der Waals surface area (Å²) in [5.41, 5.74) is 1.17. The normalized spacial score (nSPS) is 12.0. The van der Waals surface area contributed by atoms with Crippen LogP contribution >= 0.6 is 15.9 Å². The lowest BCUT2D eigenvalue weighted by molar-refractivity contribution is 0.582. The monoisotopic (exact) mass is 295 g/mol. The van der Waals surface area contributed by atoms with E-state index in [4.69, 9.17) is 0 Å². The average molecular weight is 296 g/mol. The third kappa shape index (κ3) is 2.59. The first kappa shape index (κ1) is 12.7. The van der Waals surface area contributed by atoms with Gasteiger partial charge in [0.05, 0.1) is 11.4 Å². The number of hydrogen-bond acceptors (Lipinski definition) is 3. The highest BCUT2D eigenvalue weighted by atomic mass is 79.9. The van der Waals surface area contributed by atoms with Crippen molar-refractivity contribution in [1.29, 1.82) is 0 Å². The minimum absolute atomic E-state index is 0.283. The Morgan fingerprint density at radius 1 is 1.47 bits per heavy atom. The van der Waals surface area contributed by atoms with E-state index in [1.807, 2.05) is 0 Å². The largest absolute Gasteiger partial charge is 0.271 e. The summed E-state index contributed by atoms with van der Waals surface area (Å²) >= 11 is 3.17. The lowest BCUT2D eigenvalue weighted by Crippen LogP contribution is -2.26. The lowest BCUT2D eigenvalue weighted by Gasteiger charge is -2.05. The molecule has 0 spiro atoms. The van der Waals surface area contributed by atoms with Crippen LogP contribution in [0, 0.1) is 13.8 Å². The Bertz CT molecular complexity index is 453. The Hall–Kier alpha value is -0.400. The zero-order valence-corrected chi connectivity index (χ0v) is 11.3. The van der Waals surface area contributed by atoms with E-state index in [0.717, 1.165) is 0 Å². The van der Waals surface area contributed by atoms with E-state index < -0.39 is 10.0 Å². The van der Waals surface area contributed by atoms with E-state index in [1.54, 1.807) is 25.6 Å². The number of rotatable bonds is 4. The molecular weight excluding hydrogens is 282 g/mol. The summed E-state index contributed by atoms with van der Waals surface area (Å²) in [7, 11) is -1.70. The van der Waals surface area contributed by atoms with Crippen LogP contribution in [-0.4, -0.2) is 30.1 Å². The van der Waals surface area contributed by atoms with Crippen LogP contribution in [0.5, 0.6) is 0 Å². The van der Waals surface area contributed by atoms with Crippen LogP contribution in [-0.2, 0) is 17.1 Å². The fourth-order valence-electron chi connectivity index (χ4n) is 1.39. The van der Waals surface area contributed by atoms with Crippen molar-refractivity contribution in [3.8, 4) is 0 Å². The molecule has 0 unspecified atom stereocenters. The number of halogens is 1. The van der Waals surface area contributed by atoms with Crippen molar-refractivity contribution in [3.05, 3.63) is 11.4 Å². The summed E-state index contributed by atoms with van der Waals surface area (Å²) in [4.78, 5) is 0.283. The second kappa shape index (κ2) is 4.63. The van der Waals surface area contributed by atoms with E-state index in [1.165, 1.54) is 0 Å². The summed E-state index contributed by atoms with van der Waals surface area (Å²) in [5, 5.41) is 4.66. The van der Waals surface area contributed by atoms with Crippen LogP contribution in [0.25, 0.3) is 0 Å². The minimum Gasteiger partial charge on any atom is -0.271 e. The highest BCUT2D eigenvalue weighted by Crippen LogP contribution is 2.17. The zero-order chi connectivity index (χ0) is 11.6. The molecule has 0 saturated carbocycles. The number of nitrogens with one attached hydrogen (secondary N) is 1. The maximum absolute atomic E-state index is 11.9. The molecule has 0 aromatic carbocycles. The Morgan fingerprint density at radius 3 is 2.47 bits per heavy atom. The van der Waals surface area contributed by atoms with Crippen molar-refractivity contribution in [3.63, 3.8) is 0 Å². The molecule has 1 heterocycles. The van der Waals surface area contributed by atoms with Crippen LogP contribution in [0.1, 0.15) is 11.4 Å². The molecule has 7 heteroatoms. The van der Waals surface area contributed by atoms with E-state index in [9.17, 15) is 8.42 Å². The molecule has 0 radical (unpaired) electrons. The van der Waals surface area contributed by atoms with E-state index >= 15 is 0 Å². The standard InChI is InChI=1S/C8H14BrN3O2S/c1-6-8(7(2)12(3)11-6)15(13,14)10-5-4-9/h10H,4-5H2,1-3H3. The van der Waals surface area contributed by atoms with Crippen molar-refractivity contribution >= 4 is 26.0 Å². The van der Waals surface area contributed by atoms with E-state index in [0.29, 0.717) is 23.3 Å². The molecule has 1 aromatic heterocycles. The van der Waals surface area contributed by atoms with Gasteiger partial charge in [-0.25, -0.2) is 13.1 Å². The fourth-order valence-corrected chi connectivity index (χ4v) is 3.31. The summed E-state index contributed by atoms with van der Waals surface area (Å²) in [6.45, 7) is 3.80. The Morgan fingerprint density at radius 2 is 2.07 bits per heavy atom. The zero-order valence-electron chi connectivity index (χ0n) is 8.91. The van der Waals surface area contributed by atoms with Crippen molar-refractivity contribution in [2.45, 2.75) is 18.7 Å². The van der Waals surface area contributed by atoms with Crippen LogP contribution in [0.3, 0.4) is 0 Å². The molecular formula is C8H14BrN3O2S. The molecule has 1 N–H and O–H groups in total. The van der Waals surface area contributed by atoms with Crippen molar-refractivity contribution in [1.82, 2.24) is 14.5 Å². The molecule has 0 saturated heterocycles. The van der Waals surface area contributed by atoms with Crippen LogP contribution in [0.4, 0.5) is 0 Å². The molecule has 86 valence electrons. The SMILES string of the molecule is Cc1nn(C)c(C)c1S(=O)(=O)NCCBr. The highest BCUT2D eigenvalue weighted by Gasteiger charge is 2.22. The number of alkyl halides is 1. The molecule has 0 bridgehead atoms. The highest BCUT2D eigenvalue weighted by molar-refractivity contribution is 9.09. The Kier molecular flexibility index (Phi) is 3.91. The molecule has 0 amide bonds. The second-order valence-corrected chi connectivity index (χ2v) is 5.71. The van der Waals surface area contributed by atoms with Crippen molar-refractivity contribution in [2.24, 2.45) is 7.05 Å². The molecule has 1 aromatic rings. The van der Waals surface area contributed by atoms with Gasteiger partial charge in [-0.1, -0.05) is 15.9 Å². The van der Waals surface area contributed by atoms with Gasteiger partial charge in [-0.2, -0.15) is 5.10 Å². The number of nitrogens with zero attached hydrogens (tertiary/aromatic N) is 2. The second-order valence-electron chi connectivity index (χ2n) is 3.21. The van der Waals surface area contributed by atoms with Crippen molar-refractivity contribution in [2.75, 3.05) is 11.9 Å². The predicted octanol–water partition coefficient (Wildman–Crippen LogP) is 0.710. The summed E-state index contributed by atoms with van der Waals surface area (Å²) < 4.78 is 27.8. The van der Waals surface area contributed by atoms with Gasteiger partial charge in [0.15, 0.2) is 0 Å². The maximum atomic E-state index is 11.9. The summed E-state index contributed by atoms with van der Waals surface area (Å²) in [5.74, 6) is 0. The van der Waals surface area contributed by atoms with Crippen LogP contribution in [0.2, 0.25) is 0 Å². The average Bonchev–Trinajstić information content (AvgIpc) is 2.38. The van der Waals surface area contributed by atoms with Gasteiger partial charge in [0, 0.05) is 18.9 Å². The number of aryl methyl sites for hydroxylation is 2. The van der Waals surface area contributed by atoms with Gasteiger partial charge < -0.3 is 0 Å². The summed E-state index contributed by atoms with van der Waals surface area (Å²) in [6, 6.07) is 0. The molecule has 5 nitrogen and oxygen atoms in total. The maximum Gasteiger partial charge on any atom is 0.244 e. The Labute approximate surface area is 98.0 Å². The topological polar surface area (TPSA) is 64.0 Å². The van der Waals surface area contributed by atoms with Gasteiger partial charge in [0.25, 0.3) is 0 Å². The Balaban J connectivity index is 3.15. The summed E-state index contributed by atoms with van der Waals surface area (Å²) in [6.07, 6.45) is 0. The predicted molar refractivity (Wildman–Crippen MR) is 61.7 cm³/mol. The molecule has 0 aliphatic heterocycles. The van der Waals surface area contributed by atoms with Gasteiger partial charge in [0.2, 0.25) is 10.0 Å². The van der Waals surface area contributed by atoms with Gasteiger partial charge >= 0.3 is 0 Å². The van der Waals surface area contributed by atoms with Gasteiger partial charge in [0.1, 0.15) is 4.90 Å². The quantitative estimate of drug-likeness (QED) is 0.832. The molecule has 1 rings (SSSR count). The van der Waals surface area contributed by atoms with Crippen LogP contribution in [0.15, 0.2) is 4.90 Å². The fraction of sp³-hybridized carbons (Fsp3) is 0.625. The number of sulfonamides is 1. The lowest BCUT2D eigenvalue weighted by atomic mass is 10.4. The molecule has 15 heavy (non-hydrogen) atoms. The van der Waals surface area contributed by atoms with Gasteiger partial charge in [-0.15, -0.1) is 0 Å². The molecule has 0 aliphatic rings. The van der Waals surface area contributed by atoms with Gasteiger partial charge in [-0.3, -0.25) is 4.68 Å².